The number of carbonyl (C=O) groups excluding carboxylic acids is 2. The number of nitrogens with zero attached hydrogens (tertiary/aromatic N) is 1. The Morgan fingerprint density at radius 3 is 2.70 bits per heavy atom. The van der Waals surface area contributed by atoms with Crippen LogP contribution in [0.25, 0.3) is 10.9 Å². The molecular formula is C17H14N2O3S. The number of hydrogen-bond acceptors (Lipinski definition) is 4. The predicted molar refractivity (Wildman–Crippen MR) is 89.9 cm³/mol. The number of ketones is 1. The zero-order valence-electron chi connectivity index (χ0n) is 12.2. The molecule has 0 aliphatic heterocycles. The van der Waals surface area contributed by atoms with Gasteiger partial charge in [0, 0.05) is 17.6 Å². The second-order valence-corrected chi connectivity index (χ2v) is 5.95. The van der Waals surface area contributed by atoms with Crippen molar-refractivity contribution in [2.75, 3.05) is 6.54 Å². The molecule has 6 heteroatoms. The molecule has 2 aromatic heterocycles. The van der Waals surface area contributed by atoms with Crippen LogP contribution >= 0.6 is 11.3 Å². The average Bonchev–Trinajstić information content (AvgIpc) is 3.10. The minimum absolute atomic E-state index is 0.0303. The van der Waals surface area contributed by atoms with E-state index in [1.165, 1.54) is 17.4 Å². The Bertz CT molecular complexity index is 913. The molecule has 0 saturated carbocycles. The first kappa shape index (κ1) is 15.2. The highest BCUT2D eigenvalue weighted by Crippen LogP contribution is 2.10. The van der Waals surface area contributed by atoms with Gasteiger partial charge >= 0.3 is 0 Å². The molecule has 1 N–H and O–H groups in total. The van der Waals surface area contributed by atoms with Crippen LogP contribution < -0.4 is 10.7 Å². The van der Waals surface area contributed by atoms with Gasteiger partial charge in [-0.3, -0.25) is 14.4 Å². The largest absolute Gasteiger partial charge is 0.347 e. The van der Waals surface area contributed by atoms with E-state index in [-0.39, 0.29) is 30.2 Å². The Labute approximate surface area is 136 Å². The van der Waals surface area contributed by atoms with Gasteiger partial charge in [0.15, 0.2) is 11.2 Å². The summed E-state index contributed by atoms with van der Waals surface area (Å²) in [4.78, 5) is 36.4. The number of carbonyl (C=O) groups is 2. The summed E-state index contributed by atoms with van der Waals surface area (Å²) >= 11 is 1.35. The Hall–Kier alpha value is -2.73. The quantitative estimate of drug-likeness (QED) is 0.730. The molecule has 5 nitrogen and oxygen atoms in total. The Kier molecular flexibility index (Phi) is 4.34. The van der Waals surface area contributed by atoms with Crippen molar-refractivity contribution in [3.8, 4) is 0 Å². The van der Waals surface area contributed by atoms with Crippen molar-refractivity contribution in [1.29, 1.82) is 0 Å². The molecule has 1 amide bonds. The highest BCUT2D eigenvalue weighted by Gasteiger charge is 2.10. The minimum atomic E-state index is -0.274. The van der Waals surface area contributed by atoms with Gasteiger partial charge in [0.05, 0.1) is 16.9 Å². The molecule has 23 heavy (non-hydrogen) atoms. The summed E-state index contributed by atoms with van der Waals surface area (Å²) in [6.07, 6.45) is 1.59. The third kappa shape index (κ3) is 3.37. The molecule has 0 spiro atoms. The fourth-order valence-electron chi connectivity index (χ4n) is 2.31. The summed E-state index contributed by atoms with van der Waals surface area (Å²) in [5, 5.41) is 5.01. The number of nitrogens with one attached hydrogen (secondary N) is 1. The molecule has 0 atom stereocenters. The normalized spacial score (nSPS) is 10.6. The van der Waals surface area contributed by atoms with Crippen LogP contribution in [0, 0.1) is 0 Å². The van der Waals surface area contributed by atoms with Crippen LogP contribution in [0.1, 0.15) is 9.67 Å². The maximum Gasteiger partial charge on any atom is 0.240 e. The lowest BCUT2D eigenvalue weighted by Crippen LogP contribution is -2.32. The summed E-state index contributed by atoms with van der Waals surface area (Å²) in [5.74, 6) is -0.387. The van der Waals surface area contributed by atoms with Crippen LogP contribution in [-0.4, -0.2) is 22.8 Å². The van der Waals surface area contributed by atoms with E-state index in [9.17, 15) is 14.4 Å². The SMILES string of the molecule is O=C(Cn1ccc(=O)c2ccccc21)NCC(=O)c1cccs1. The van der Waals surface area contributed by atoms with Gasteiger partial charge in [0.25, 0.3) is 0 Å². The van der Waals surface area contributed by atoms with Crippen LogP contribution in [0.15, 0.2) is 58.8 Å². The molecule has 0 radical (unpaired) electrons. The van der Waals surface area contributed by atoms with Crippen molar-refractivity contribution < 1.29 is 9.59 Å². The highest BCUT2D eigenvalue weighted by molar-refractivity contribution is 7.12. The maximum atomic E-state index is 12.1. The third-order valence-electron chi connectivity index (χ3n) is 3.44. The van der Waals surface area contributed by atoms with Crippen molar-refractivity contribution in [2.24, 2.45) is 0 Å². The number of aromatic nitrogens is 1. The number of benzene rings is 1. The molecule has 116 valence electrons. The summed E-state index contributed by atoms with van der Waals surface area (Å²) in [7, 11) is 0. The standard InChI is InChI=1S/C17H14N2O3S/c20-14-7-8-19(13-5-2-1-4-12(13)14)11-17(22)18-10-15(21)16-6-3-9-23-16/h1-9H,10-11H2,(H,18,22). The van der Waals surface area contributed by atoms with Crippen molar-refractivity contribution in [3.05, 3.63) is 69.1 Å². The van der Waals surface area contributed by atoms with Gasteiger partial charge in [0.2, 0.25) is 5.91 Å². The lowest BCUT2D eigenvalue weighted by molar-refractivity contribution is -0.121. The van der Waals surface area contributed by atoms with Crippen LogP contribution in [0.3, 0.4) is 0 Å². The van der Waals surface area contributed by atoms with E-state index in [1.807, 2.05) is 11.4 Å². The van der Waals surface area contributed by atoms with Crippen molar-refractivity contribution >= 4 is 33.9 Å². The summed E-state index contributed by atoms with van der Waals surface area (Å²) in [6, 6.07) is 12.1. The predicted octanol–water partition coefficient (Wildman–Crippen LogP) is 2.06. The zero-order chi connectivity index (χ0) is 16.2. The number of Topliss-reactive ketones (excluding diaryl/α,β-unsaturated/α-hetero) is 1. The summed E-state index contributed by atoms with van der Waals surface area (Å²) in [5.41, 5.74) is 0.616. The molecule has 2 heterocycles. The van der Waals surface area contributed by atoms with Gasteiger partial charge in [-0.1, -0.05) is 18.2 Å². The van der Waals surface area contributed by atoms with Gasteiger partial charge in [-0.15, -0.1) is 11.3 Å². The smallest absolute Gasteiger partial charge is 0.240 e. The van der Waals surface area contributed by atoms with Crippen LogP contribution in [0.2, 0.25) is 0 Å². The number of rotatable bonds is 5. The number of para-hydroxylation sites is 1. The Morgan fingerprint density at radius 1 is 1.09 bits per heavy atom. The van der Waals surface area contributed by atoms with Gasteiger partial charge in [-0.05, 0) is 23.6 Å². The van der Waals surface area contributed by atoms with Crippen LogP contribution in [0.4, 0.5) is 0 Å². The summed E-state index contributed by atoms with van der Waals surface area (Å²) in [6.45, 7) is 0.0238. The van der Waals surface area contributed by atoms with E-state index in [1.54, 1.807) is 41.1 Å². The lowest BCUT2D eigenvalue weighted by Gasteiger charge is -2.10. The molecule has 0 bridgehead atoms. The zero-order valence-corrected chi connectivity index (χ0v) is 13.0. The second kappa shape index (κ2) is 6.58. The van der Waals surface area contributed by atoms with Crippen molar-refractivity contribution in [3.63, 3.8) is 0 Å². The highest BCUT2D eigenvalue weighted by atomic mass is 32.1. The maximum absolute atomic E-state index is 12.1. The van der Waals surface area contributed by atoms with E-state index >= 15 is 0 Å². The van der Waals surface area contributed by atoms with E-state index in [2.05, 4.69) is 5.32 Å². The average molecular weight is 326 g/mol. The third-order valence-corrected chi connectivity index (χ3v) is 4.35. The lowest BCUT2D eigenvalue weighted by atomic mass is 10.2. The Morgan fingerprint density at radius 2 is 1.91 bits per heavy atom. The topological polar surface area (TPSA) is 68.2 Å². The molecule has 0 fully saturated rings. The minimum Gasteiger partial charge on any atom is -0.347 e. The molecule has 0 aliphatic rings. The molecule has 3 aromatic rings. The molecule has 0 saturated heterocycles. The van der Waals surface area contributed by atoms with Gasteiger partial charge < -0.3 is 9.88 Å². The molecular weight excluding hydrogens is 312 g/mol. The number of fused-ring (bicyclic) bond motifs is 1. The van der Waals surface area contributed by atoms with Gasteiger partial charge in [-0.2, -0.15) is 0 Å². The molecule has 1 aromatic carbocycles. The number of amides is 1. The fraction of sp³-hybridized carbons (Fsp3) is 0.118. The monoisotopic (exact) mass is 326 g/mol. The Balaban J connectivity index is 1.70. The molecule has 0 aliphatic carbocycles. The van der Waals surface area contributed by atoms with E-state index in [0.29, 0.717) is 15.8 Å². The number of thiophene rings is 1. The molecule has 0 unspecified atom stereocenters. The number of hydrogen-bond donors (Lipinski definition) is 1. The first-order chi connectivity index (χ1) is 11.1. The van der Waals surface area contributed by atoms with E-state index < -0.39 is 0 Å². The van der Waals surface area contributed by atoms with Crippen molar-refractivity contribution in [1.82, 2.24) is 9.88 Å². The summed E-state index contributed by atoms with van der Waals surface area (Å²) < 4.78 is 1.70. The van der Waals surface area contributed by atoms with Crippen LogP contribution in [0.5, 0.6) is 0 Å². The van der Waals surface area contributed by atoms with Crippen molar-refractivity contribution in [2.45, 2.75) is 6.54 Å². The van der Waals surface area contributed by atoms with Crippen LogP contribution in [-0.2, 0) is 11.3 Å². The van der Waals surface area contributed by atoms with E-state index in [4.69, 9.17) is 0 Å². The molecule has 3 rings (SSSR count). The van der Waals surface area contributed by atoms with Gasteiger partial charge in [0.1, 0.15) is 6.54 Å². The first-order valence-electron chi connectivity index (χ1n) is 7.07. The van der Waals surface area contributed by atoms with E-state index in [0.717, 1.165) is 0 Å². The number of pyridine rings is 1. The first-order valence-corrected chi connectivity index (χ1v) is 7.95. The fourth-order valence-corrected chi connectivity index (χ4v) is 2.98. The van der Waals surface area contributed by atoms with Gasteiger partial charge in [-0.25, -0.2) is 0 Å². The second-order valence-electron chi connectivity index (χ2n) is 5.00.